The molecule has 0 aliphatic carbocycles. The number of ether oxygens (including phenoxy) is 1. The quantitative estimate of drug-likeness (QED) is 0.406. The third-order valence-electron chi connectivity index (χ3n) is 6.81. The summed E-state index contributed by atoms with van der Waals surface area (Å²) in [5, 5.41) is 16.8. The van der Waals surface area contributed by atoms with E-state index in [0.717, 1.165) is 28.9 Å². The zero-order chi connectivity index (χ0) is 27.3. The second-order valence-corrected chi connectivity index (χ2v) is 10.1. The lowest BCUT2D eigenvalue weighted by Gasteiger charge is -2.37. The maximum atomic E-state index is 15.3. The summed E-state index contributed by atoms with van der Waals surface area (Å²) in [6.07, 6.45) is 0. The van der Waals surface area contributed by atoms with E-state index >= 15 is 4.39 Å². The molecule has 2 heterocycles. The number of rotatable bonds is 6. The molecular formula is C28H28BrFN2O6. The van der Waals surface area contributed by atoms with Crippen LogP contribution in [0.3, 0.4) is 0 Å². The smallest absolute Gasteiger partial charge is 0.414 e. The second-order valence-electron chi connectivity index (χ2n) is 9.19. The van der Waals surface area contributed by atoms with Crippen LogP contribution in [0.15, 0.2) is 77.3 Å². The van der Waals surface area contributed by atoms with Gasteiger partial charge < -0.3 is 14.9 Å². The SMILES string of the molecule is COc1ccc(CN2OC[C@@H]3CN(Cc4ccccc4)C[C@@]32c2cc(Br)ccc2F)cc1.O=C(O)C(=O)O. The van der Waals surface area contributed by atoms with E-state index in [9.17, 15) is 0 Å². The van der Waals surface area contributed by atoms with Gasteiger partial charge in [0, 0.05) is 35.6 Å². The Balaban J connectivity index is 0.000000505. The molecule has 0 amide bonds. The van der Waals surface area contributed by atoms with Crippen molar-refractivity contribution in [3.8, 4) is 5.75 Å². The molecule has 200 valence electrons. The molecule has 3 aromatic rings. The van der Waals surface area contributed by atoms with Crippen LogP contribution in [0, 0.1) is 11.7 Å². The van der Waals surface area contributed by atoms with Gasteiger partial charge in [-0.05, 0) is 41.5 Å². The molecule has 0 spiro atoms. The summed E-state index contributed by atoms with van der Waals surface area (Å²) in [6, 6.07) is 23.7. The minimum atomic E-state index is -1.82. The molecule has 0 saturated carbocycles. The number of fused-ring (bicyclic) bond motifs is 1. The van der Waals surface area contributed by atoms with Gasteiger partial charge in [0.25, 0.3) is 0 Å². The van der Waals surface area contributed by atoms with E-state index in [1.807, 2.05) is 41.5 Å². The summed E-state index contributed by atoms with van der Waals surface area (Å²) in [5.41, 5.74) is 2.50. The fourth-order valence-corrected chi connectivity index (χ4v) is 5.44. The lowest BCUT2D eigenvalue weighted by molar-refractivity contribution is -0.178. The number of carboxylic acid groups (broad SMARTS) is 2. The van der Waals surface area contributed by atoms with Crippen molar-refractivity contribution in [3.05, 3.63) is 99.8 Å². The van der Waals surface area contributed by atoms with E-state index in [2.05, 4.69) is 45.1 Å². The molecule has 2 saturated heterocycles. The van der Waals surface area contributed by atoms with Gasteiger partial charge >= 0.3 is 11.9 Å². The van der Waals surface area contributed by atoms with Crippen molar-refractivity contribution in [2.24, 2.45) is 5.92 Å². The Kier molecular flexibility index (Phi) is 8.78. The summed E-state index contributed by atoms with van der Waals surface area (Å²) in [7, 11) is 1.66. The van der Waals surface area contributed by atoms with Crippen LogP contribution in [0.25, 0.3) is 0 Å². The van der Waals surface area contributed by atoms with Crippen LogP contribution in [0.1, 0.15) is 16.7 Å². The van der Waals surface area contributed by atoms with Gasteiger partial charge in [-0.15, -0.1) is 0 Å². The highest BCUT2D eigenvalue weighted by molar-refractivity contribution is 9.10. The van der Waals surface area contributed by atoms with Crippen molar-refractivity contribution >= 4 is 27.9 Å². The second kappa shape index (κ2) is 12.0. The number of hydrogen-bond donors (Lipinski definition) is 2. The van der Waals surface area contributed by atoms with Gasteiger partial charge in [-0.1, -0.05) is 58.4 Å². The molecule has 2 aliphatic rings. The van der Waals surface area contributed by atoms with Crippen LogP contribution >= 0.6 is 15.9 Å². The molecule has 38 heavy (non-hydrogen) atoms. The van der Waals surface area contributed by atoms with Crippen molar-refractivity contribution in [3.63, 3.8) is 0 Å². The van der Waals surface area contributed by atoms with Gasteiger partial charge in [0.1, 0.15) is 11.6 Å². The molecule has 8 nitrogen and oxygen atoms in total. The van der Waals surface area contributed by atoms with Crippen LogP contribution < -0.4 is 4.74 Å². The van der Waals surface area contributed by atoms with Crippen molar-refractivity contribution in [1.82, 2.24) is 9.96 Å². The number of carboxylic acids is 2. The molecule has 0 bridgehead atoms. The van der Waals surface area contributed by atoms with Crippen molar-refractivity contribution in [2.75, 3.05) is 26.8 Å². The Bertz CT molecular complexity index is 1260. The Morgan fingerprint density at radius 2 is 1.68 bits per heavy atom. The number of carbonyl (C=O) groups is 2. The van der Waals surface area contributed by atoms with Crippen LogP contribution in [0.2, 0.25) is 0 Å². The fraction of sp³-hybridized carbons (Fsp3) is 0.286. The summed E-state index contributed by atoms with van der Waals surface area (Å²) in [5.74, 6) is -2.85. The zero-order valence-electron chi connectivity index (χ0n) is 20.7. The van der Waals surface area contributed by atoms with Crippen LogP contribution in [-0.4, -0.2) is 58.9 Å². The molecule has 0 unspecified atom stereocenters. The predicted octanol–water partition coefficient (Wildman–Crippen LogP) is 4.53. The number of aliphatic carboxylic acids is 2. The van der Waals surface area contributed by atoms with E-state index in [1.165, 1.54) is 5.56 Å². The third-order valence-corrected chi connectivity index (χ3v) is 7.30. The lowest BCUT2D eigenvalue weighted by atomic mass is 9.81. The number of methoxy groups -OCH3 is 1. The highest BCUT2D eigenvalue weighted by Crippen LogP contribution is 2.49. The van der Waals surface area contributed by atoms with Crippen LogP contribution in [0.4, 0.5) is 4.39 Å². The molecule has 5 rings (SSSR count). The maximum Gasteiger partial charge on any atom is 0.414 e. The van der Waals surface area contributed by atoms with Gasteiger partial charge in [-0.25, -0.2) is 14.0 Å². The Labute approximate surface area is 228 Å². The molecule has 2 aliphatic heterocycles. The molecular weight excluding hydrogens is 559 g/mol. The molecule has 2 fully saturated rings. The average molecular weight is 587 g/mol. The average Bonchev–Trinajstić information content (AvgIpc) is 3.43. The van der Waals surface area contributed by atoms with E-state index < -0.39 is 17.5 Å². The predicted molar refractivity (Wildman–Crippen MR) is 141 cm³/mol. The summed E-state index contributed by atoms with van der Waals surface area (Å²) in [4.78, 5) is 26.8. The topological polar surface area (TPSA) is 99.5 Å². The Morgan fingerprint density at radius 1 is 1.03 bits per heavy atom. The summed E-state index contributed by atoms with van der Waals surface area (Å²) >= 11 is 3.56. The van der Waals surface area contributed by atoms with E-state index in [0.29, 0.717) is 25.3 Å². The lowest BCUT2D eigenvalue weighted by Crippen LogP contribution is -2.46. The van der Waals surface area contributed by atoms with Gasteiger partial charge in [0.15, 0.2) is 0 Å². The van der Waals surface area contributed by atoms with E-state index in [-0.39, 0.29) is 11.7 Å². The van der Waals surface area contributed by atoms with Gasteiger partial charge in [-0.3, -0.25) is 9.74 Å². The number of halogens is 2. The fourth-order valence-electron chi connectivity index (χ4n) is 5.08. The normalized spacial score (nSPS) is 20.9. The zero-order valence-corrected chi connectivity index (χ0v) is 22.3. The Hall–Kier alpha value is -3.31. The molecule has 0 aromatic heterocycles. The minimum Gasteiger partial charge on any atom is -0.497 e. The first kappa shape index (κ1) is 27.7. The maximum absolute atomic E-state index is 15.3. The highest BCUT2D eigenvalue weighted by atomic mass is 79.9. The van der Waals surface area contributed by atoms with Crippen LogP contribution in [0.5, 0.6) is 5.75 Å². The van der Waals surface area contributed by atoms with E-state index in [1.54, 1.807) is 19.2 Å². The molecule has 2 atom stereocenters. The number of likely N-dealkylation sites (tertiary alicyclic amines) is 1. The first-order valence-electron chi connectivity index (χ1n) is 11.9. The van der Waals surface area contributed by atoms with Crippen molar-refractivity contribution in [1.29, 1.82) is 0 Å². The standard InChI is InChI=1S/C26H26BrFN2O2.C2H2O4/c1-31-23-10-7-20(8-11-23)15-30-26(24-13-22(27)9-12-25(24)28)18-29(16-21(26)17-32-30)14-19-5-3-2-4-6-19;3-1(4)2(5)6/h2-13,21H,14-18H2,1H3;(H,3,4)(H,5,6)/t21-,26-;/m0./s1. The number of nitrogens with zero attached hydrogens (tertiary/aromatic N) is 2. The number of benzene rings is 3. The number of hydroxylamine groups is 2. The summed E-state index contributed by atoms with van der Waals surface area (Å²) < 4.78 is 21.4. The molecule has 3 aromatic carbocycles. The highest BCUT2D eigenvalue weighted by Gasteiger charge is 2.57. The van der Waals surface area contributed by atoms with E-state index in [4.69, 9.17) is 29.4 Å². The van der Waals surface area contributed by atoms with Crippen LogP contribution in [-0.2, 0) is 33.1 Å². The first-order chi connectivity index (χ1) is 18.2. The number of hydrogen-bond acceptors (Lipinski definition) is 6. The van der Waals surface area contributed by atoms with Gasteiger partial charge in [0.05, 0.1) is 25.8 Å². The minimum absolute atomic E-state index is 0.174. The monoisotopic (exact) mass is 586 g/mol. The molecule has 10 heteroatoms. The van der Waals surface area contributed by atoms with Gasteiger partial charge in [0.2, 0.25) is 0 Å². The molecule has 2 N–H and O–H groups in total. The largest absolute Gasteiger partial charge is 0.497 e. The summed E-state index contributed by atoms with van der Waals surface area (Å²) in [6.45, 7) is 3.56. The third kappa shape index (κ3) is 6.05. The van der Waals surface area contributed by atoms with Crippen molar-refractivity contribution in [2.45, 2.75) is 18.6 Å². The van der Waals surface area contributed by atoms with Gasteiger partial charge in [-0.2, -0.15) is 5.06 Å². The van der Waals surface area contributed by atoms with Crippen molar-refractivity contribution < 1.29 is 33.8 Å². The molecule has 0 radical (unpaired) electrons. The first-order valence-corrected chi connectivity index (χ1v) is 12.7. The Morgan fingerprint density at radius 3 is 2.32 bits per heavy atom.